The summed E-state index contributed by atoms with van der Waals surface area (Å²) < 4.78 is 6.25. The van der Waals surface area contributed by atoms with Crippen molar-refractivity contribution in [3.63, 3.8) is 0 Å². The number of nitrogens with zero attached hydrogens (tertiary/aromatic N) is 1. The van der Waals surface area contributed by atoms with E-state index in [-0.39, 0.29) is 12.0 Å². The second-order valence-electron chi connectivity index (χ2n) is 7.07. The molecule has 4 rings (SSSR count). The average Bonchev–Trinajstić information content (AvgIpc) is 3.03. The molecule has 1 aromatic heterocycles. The maximum atomic E-state index is 12.4. The highest BCUT2D eigenvalue weighted by Gasteiger charge is 2.44. The van der Waals surface area contributed by atoms with Gasteiger partial charge in [-0.25, -0.2) is 0 Å². The molecule has 0 spiro atoms. The van der Waals surface area contributed by atoms with Crippen LogP contribution in [0, 0.1) is 0 Å². The van der Waals surface area contributed by atoms with Gasteiger partial charge in [0.1, 0.15) is 31.0 Å². The predicted molar refractivity (Wildman–Crippen MR) is 109 cm³/mol. The number of hydrogen-bond donors (Lipinski definition) is 6. The Balaban J connectivity index is 0.000000196. The van der Waals surface area contributed by atoms with Gasteiger partial charge in [-0.1, -0.05) is 24.3 Å². The molecule has 1 saturated heterocycles. The third-order valence-electron chi connectivity index (χ3n) is 5.01. The number of aliphatic hydroxyl groups is 5. The number of pyridine rings is 1. The van der Waals surface area contributed by atoms with Crippen molar-refractivity contribution in [1.82, 2.24) is 4.57 Å². The lowest BCUT2D eigenvalue weighted by Crippen LogP contribution is -2.40. The topological polar surface area (TPSA) is 170 Å². The Morgan fingerprint density at radius 2 is 1.48 bits per heavy atom. The molecule has 31 heavy (non-hydrogen) atoms. The monoisotopic (exact) mass is 433 g/mol. The van der Waals surface area contributed by atoms with Crippen LogP contribution in [0.15, 0.2) is 53.3 Å². The molecule has 6 N–H and O–H groups in total. The van der Waals surface area contributed by atoms with Crippen molar-refractivity contribution < 1.29 is 40.2 Å². The molecule has 0 aliphatic carbocycles. The Labute approximate surface area is 175 Å². The molecule has 0 amide bonds. The molecule has 1 unspecified atom stereocenters. The van der Waals surface area contributed by atoms with E-state index in [9.17, 15) is 9.59 Å². The van der Waals surface area contributed by atoms with Gasteiger partial charge in [-0.2, -0.15) is 0 Å². The van der Waals surface area contributed by atoms with E-state index in [1.54, 1.807) is 53.1 Å². The van der Waals surface area contributed by atoms with Gasteiger partial charge >= 0.3 is 5.97 Å². The van der Waals surface area contributed by atoms with Crippen LogP contribution in [0.4, 0.5) is 0 Å². The largest absolute Gasteiger partial charge is 0.480 e. The van der Waals surface area contributed by atoms with Crippen molar-refractivity contribution in [1.29, 1.82) is 0 Å². The fourth-order valence-corrected chi connectivity index (χ4v) is 3.49. The zero-order valence-electron chi connectivity index (χ0n) is 16.3. The summed E-state index contributed by atoms with van der Waals surface area (Å²) in [7, 11) is 0. The quantitative estimate of drug-likeness (QED) is 0.283. The van der Waals surface area contributed by atoms with Crippen LogP contribution in [-0.4, -0.2) is 78.5 Å². The van der Waals surface area contributed by atoms with E-state index >= 15 is 0 Å². The van der Waals surface area contributed by atoms with E-state index in [1.807, 2.05) is 0 Å². The molecule has 2 heterocycles. The maximum absolute atomic E-state index is 12.4. The molecular weight excluding hydrogens is 410 g/mol. The molecule has 1 fully saturated rings. The van der Waals surface area contributed by atoms with Crippen LogP contribution in [0.25, 0.3) is 21.8 Å². The molecule has 0 radical (unpaired) electrons. The Kier molecular flexibility index (Phi) is 7.01. The number of ether oxygens (including phenoxy) is 1. The van der Waals surface area contributed by atoms with Crippen molar-refractivity contribution in [2.45, 2.75) is 37.3 Å². The highest BCUT2D eigenvalue weighted by molar-refractivity contribution is 5.94. The fraction of sp³-hybridized carbons (Fsp3) is 0.333. The first-order chi connectivity index (χ1) is 14.8. The predicted octanol–water partition coefficient (Wildman–Crippen LogP) is -0.982. The third kappa shape index (κ3) is 4.59. The van der Waals surface area contributed by atoms with Gasteiger partial charge < -0.3 is 39.9 Å². The zero-order chi connectivity index (χ0) is 22.7. The number of para-hydroxylation sites is 2. The van der Waals surface area contributed by atoms with Gasteiger partial charge in [-0.15, -0.1) is 0 Å². The first kappa shape index (κ1) is 22.8. The summed E-state index contributed by atoms with van der Waals surface area (Å²) in [5, 5.41) is 54.6. The lowest BCUT2D eigenvalue weighted by atomic mass is 10.1. The van der Waals surface area contributed by atoms with Crippen LogP contribution in [0.3, 0.4) is 0 Å². The highest BCUT2D eigenvalue weighted by Crippen LogP contribution is 2.22. The first-order valence-electron chi connectivity index (χ1n) is 9.47. The molecule has 1 aliphatic heterocycles. The minimum Gasteiger partial charge on any atom is -0.480 e. The Bertz CT molecular complexity index is 1070. The van der Waals surface area contributed by atoms with Crippen LogP contribution < -0.4 is 5.43 Å². The lowest BCUT2D eigenvalue weighted by Gasteiger charge is -2.18. The van der Waals surface area contributed by atoms with Gasteiger partial charge in [0.05, 0.1) is 17.6 Å². The molecule has 0 saturated carbocycles. The third-order valence-corrected chi connectivity index (χ3v) is 5.01. The van der Waals surface area contributed by atoms with Crippen LogP contribution in [0.2, 0.25) is 0 Å². The number of aliphatic carboxylic acids is 1. The van der Waals surface area contributed by atoms with E-state index in [2.05, 4.69) is 4.74 Å². The number of benzene rings is 2. The summed E-state index contributed by atoms with van der Waals surface area (Å²) in [5.41, 5.74) is 1.23. The van der Waals surface area contributed by atoms with Crippen LogP contribution in [-0.2, 0) is 16.1 Å². The second kappa shape index (κ2) is 9.52. The molecular formula is C21H23NO9. The number of hydrogen-bond acceptors (Lipinski definition) is 8. The van der Waals surface area contributed by atoms with Crippen molar-refractivity contribution in [2.75, 3.05) is 6.61 Å². The Hall–Kier alpha value is -2.86. The molecule has 166 valence electrons. The zero-order valence-corrected chi connectivity index (χ0v) is 16.3. The summed E-state index contributed by atoms with van der Waals surface area (Å²) in [6, 6.07) is 14.2. The summed E-state index contributed by atoms with van der Waals surface area (Å²) in [4.78, 5) is 23.4. The molecule has 10 nitrogen and oxygen atoms in total. The molecule has 3 aromatic rings. The number of rotatable bonds is 4. The van der Waals surface area contributed by atoms with Crippen molar-refractivity contribution in [3.8, 4) is 0 Å². The van der Waals surface area contributed by atoms with E-state index in [0.717, 1.165) is 0 Å². The lowest BCUT2D eigenvalue weighted by molar-refractivity contribution is -0.150. The minimum absolute atomic E-state index is 0.0622. The molecule has 10 heteroatoms. The van der Waals surface area contributed by atoms with Crippen molar-refractivity contribution in [3.05, 3.63) is 58.8 Å². The van der Waals surface area contributed by atoms with Crippen LogP contribution >= 0.6 is 0 Å². The molecule has 2 aromatic carbocycles. The summed E-state index contributed by atoms with van der Waals surface area (Å²) >= 11 is 0. The molecule has 0 bridgehead atoms. The minimum atomic E-state index is -1.51. The van der Waals surface area contributed by atoms with E-state index in [0.29, 0.717) is 21.8 Å². The van der Waals surface area contributed by atoms with Gasteiger partial charge in [0.25, 0.3) is 0 Å². The summed E-state index contributed by atoms with van der Waals surface area (Å²) in [6.07, 6.45) is -6.75. The number of aliphatic hydroxyl groups excluding tert-OH is 5. The Morgan fingerprint density at radius 3 is 1.90 bits per heavy atom. The van der Waals surface area contributed by atoms with Gasteiger partial charge in [0.15, 0.2) is 11.7 Å². The van der Waals surface area contributed by atoms with Crippen LogP contribution in [0.5, 0.6) is 0 Å². The Morgan fingerprint density at radius 1 is 0.968 bits per heavy atom. The highest BCUT2D eigenvalue weighted by atomic mass is 16.6. The number of carboxylic acid groups (broad SMARTS) is 1. The number of carbonyl (C=O) groups is 1. The summed E-state index contributed by atoms with van der Waals surface area (Å²) in [5.74, 6) is -0.932. The van der Waals surface area contributed by atoms with E-state index in [1.165, 1.54) is 0 Å². The van der Waals surface area contributed by atoms with E-state index < -0.39 is 43.3 Å². The van der Waals surface area contributed by atoms with E-state index in [4.69, 9.17) is 30.6 Å². The standard InChI is InChI=1S/C15H11NO3.C6H12O6/c17-14(18)9-16-12-7-3-1-5-10(12)15(19)11-6-2-4-8-13(11)16;7-1-2(8)5-3(9)4(10)6(11)12-5/h1-8H,9H2,(H,17,18);2-11H,1H2/t;2-,3-,4-,5-,6?/m.1/s1. The van der Waals surface area contributed by atoms with Gasteiger partial charge in [0.2, 0.25) is 0 Å². The summed E-state index contributed by atoms with van der Waals surface area (Å²) in [6.45, 7) is -0.761. The fourth-order valence-electron chi connectivity index (χ4n) is 3.49. The SMILES string of the molecule is O=C(O)Cn1c2ccccc2c(=O)c2ccccc21.OC[C@@H](O)[C@H]1OC(O)[C@H](O)[C@H]1O. The van der Waals surface area contributed by atoms with Gasteiger partial charge in [0, 0.05) is 10.8 Å². The van der Waals surface area contributed by atoms with Gasteiger partial charge in [-0.05, 0) is 24.3 Å². The number of carboxylic acids is 1. The molecule has 1 aliphatic rings. The van der Waals surface area contributed by atoms with Crippen molar-refractivity contribution in [2.24, 2.45) is 0 Å². The first-order valence-corrected chi connectivity index (χ1v) is 9.47. The number of aromatic nitrogens is 1. The molecule has 5 atom stereocenters. The van der Waals surface area contributed by atoms with Crippen molar-refractivity contribution >= 4 is 27.8 Å². The smallest absolute Gasteiger partial charge is 0.323 e. The maximum Gasteiger partial charge on any atom is 0.323 e. The van der Waals surface area contributed by atoms with Crippen LogP contribution in [0.1, 0.15) is 0 Å². The number of fused-ring (bicyclic) bond motifs is 2. The van der Waals surface area contributed by atoms with Gasteiger partial charge in [-0.3, -0.25) is 9.59 Å². The average molecular weight is 433 g/mol. The second-order valence-corrected chi connectivity index (χ2v) is 7.07. The normalized spacial score (nSPS) is 24.0.